The highest BCUT2D eigenvalue weighted by atomic mass is 32.2. The lowest BCUT2D eigenvalue weighted by Crippen LogP contribution is -2.07. The number of anilines is 1. The van der Waals surface area contributed by atoms with Crippen LogP contribution in [0.5, 0.6) is 0 Å². The summed E-state index contributed by atoms with van der Waals surface area (Å²) in [4.78, 5) is 18.9. The van der Waals surface area contributed by atoms with Gasteiger partial charge in [-0.2, -0.15) is 4.98 Å². The van der Waals surface area contributed by atoms with Gasteiger partial charge in [-0.05, 0) is 25.6 Å². The summed E-state index contributed by atoms with van der Waals surface area (Å²) in [5, 5.41) is 22.5. The predicted octanol–water partition coefficient (Wildman–Crippen LogP) is 1.40. The maximum atomic E-state index is 11.2. The number of aryl methyl sites for hydroxylation is 2. The first kappa shape index (κ1) is 14.2. The molecule has 20 heavy (non-hydrogen) atoms. The van der Waals surface area contributed by atoms with Crippen LogP contribution in [0.2, 0.25) is 0 Å². The van der Waals surface area contributed by atoms with Crippen LogP contribution < -0.4 is 5.32 Å². The Balaban J connectivity index is 2.47. The molecule has 0 spiro atoms. The number of hydrogen-bond donors (Lipinski definition) is 1. The second-order valence-electron chi connectivity index (χ2n) is 3.90. The maximum Gasteiger partial charge on any atom is 0.322 e. The molecule has 0 bridgehead atoms. The molecule has 2 aromatic heterocycles. The van der Waals surface area contributed by atoms with Gasteiger partial charge in [0.05, 0.1) is 4.92 Å². The molecule has 2 heterocycles. The summed E-state index contributed by atoms with van der Waals surface area (Å²) in [6.45, 7) is 4.11. The van der Waals surface area contributed by atoms with E-state index < -0.39 is 4.92 Å². The van der Waals surface area contributed by atoms with Crippen molar-refractivity contribution in [1.82, 2.24) is 24.7 Å². The Labute approximate surface area is 119 Å². The first-order chi connectivity index (χ1) is 9.52. The van der Waals surface area contributed by atoms with E-state index in [-0.39, 0.29) is 10.7 Å². The minimum atomic E-state index is -0.482. The van der Waals surface area contributed by atoms with Gasteiger partial charge in [0.25, 0.3) is 0 Å². The van der Waals surface area contributed by atoms with Gasteiger partial charge in [0.1, 0.15) is 12.0 Å². The highest BCUT2D eigenvalue weighted by Gasteiger charge is 2.24. The van der Waals surface area contributed by atoms with Gasteiger partial charge in [0, 0.05) is 13.6 Å². The van der Waals surface area contributed by atoms with Gasteiger partial charge in [0.15, 0.2) is 10.2 Å². The van der Waals surface area contributed by atoms with E-state index in [4.69, 9.17) is 0 Å². The van der Waals surface area contributed by atoms with Gasteiger partial charge < -0.3 is 9.88 Å². The second-order valence-corrected chi connectivity index (χ2v) is 4.86. The Bertz CT molecular complexity index is 643. The summed E-state index contributed by atoms with van der Waals surface area (Å²) >= 11 is 1.09. The van der Waals surface area contributed by atoms with Crippen LogP contribution >= 0.6 is 11.8 Å². The Morgan fingerprint density at radius 2 is 2.25 bits per heavy atom. The fourth-order valence-electron chi connectivity index (χ4n) is 1.51. The fraction of sp³-hybridized carbons (Fsp3) is 0.400. The molecule has 0 fully saturated rings. The quantitative estimate of drug-likeness (QED) is 0.500. The summed E-state index contributed by atoms with van der Waals surface area (Å²) < 4.78 is 1.67. The van der Waals surface area contributed by atoms with Crippen LogP contribution in [-0.4, -0.2) is 36.2 Å². The van der Waals surface area contributed by atoms with Crippen LogP contribution in [0.4, 0.5) is 11.6 Å². The van der Waals surface area contributed by atoms with E-state index >= 15 is 0 Å². The Morgan fingerprint density at radius 1 is 1.50 bits per heavy atom. The molecule has 2 aromatic rings. The molecule has 0 radical (unpaired) electrons. The normalized spacial score (nSPS) is 10.6. The van der Waals surface area contributed by atoms with Crippen LogP contribution in [0.1, 0.15) is 12.6 Å². The van der Waals surface area contributed by atoms with Crippen molar-refractivity contribution in [2.75, 3.05) is 11.9 Å². The lowest BCUT2D eigenvalue weighted by Gasteiger charge is -2.07. The van der Waals surface area contributed by atoms with Crippen molar-refractivity contribution < 1.29 is 4.92 Å². The maximum absolute atomic E-state index is 11.2. The number of hydrogen-bond acceptors (Lipinski definition) is 8. The summed E-state index contributed by atoms with van der Waals surface area (Å²) in [7, 11) is 1.76. The van der Waals surface area contributed by atoms with Crippen LogP contribution in [0.15, 0.2) is 16.5 Å². The zero-order valence-electron chi connectivity index (χ0n) is 11.2. The summed E-state index contributed by atoms with van der Waals surface area (Å²) in [5.41, 5.74) is 0.199. The van der Waals surface area contributed by atoms with E-state index in [1.54, 1.807) is 18.5 Å². The predicted molar refractivity (Wildman–Crippen MR) is 72.7 cm³/mol. The Kier molecular flexibility index (Phi) is 4.13. The van der Waals surface area contributed by atoms with E-state index in [0.717, 1.165) is 11.8 Å². The van der Waals surface area contributed by atoms with Crippen molar-refractivity contribution >= 4 is 23.4 Å². The Morgan fingerprint density at radius 3 is 2.80 bits per heavy atom. The molecule has 1 N–H and O–H groups in total. The minimum absolute atomic E-state index is 0.111. The zero-order valence-corrected chi connectivity index (χ0v) is 12.0. The highest BCUT2D eigenvalue weighted by Crippen LogP contribution is 2.34. The third kappa shape index (κ3) is 2.85. The molecule has 0 saturated carbocycles. The van der Waals surface area contributed by atoms with Crippen molar-refractivity contribution in [3.8, 4) is 0 Å². The van der Waals surface area contributed by atoms with Crippen molar-refractivity contribution in [3.05, 3.63) is 22.1 Å². The van der Waals surface area contributed by atoms with Crippen molar-refractivity contribution in [2.45, 2.75) is 24.0 Å². The smallest absolute Gasteiger partial charge is 0.322 e. The summed E-state index contributed by atoms with van der Waals surface area (Å²) in [6.07, 6.45) is 1.52. The van der Waals surface area contributed by atoms with Crippen LogP contribution in [0.25, 0.3) is 0 Å². The molecule has 0 aliphatic carbocycles. The largest absolute Gasteiger partial charge is 0.354 e. The molecule has 0 aromatic carbocycles. The lowest BCUT2D eigenvalue weighted by molar-refractivity contribution is -0.389. The van der Waals surface area contributed by atoms with Gasteiger partial charge in [-0.3, -0.25) is 10.1 Å². The third-order valence-electron chi connectivity index (χ3n) is 2.40. The number of nitrogens with zero attached hydrogens (tertiary/aromatic N) is 6. The molecule has 106 valence electrons. The molecule has 10 heteroatoms. The summed E-state index contributed by atoms with van der Waals surface area (Å²) in [6, 6.07) is 0. The SMILES string of the molecule is CCNc1nc(C)c([N+](=O)[O-])c(Sc2nncn2C)n1. The van der Waals surface area contributed by atoms with Crippen LogP contribution in [0.3, 0.4) is 0 Å². The van der Waals surface area contributed by atoms with Gasteiger partial charge in [-0.1, -0.05) is 0 Å². The molecule has 9 nitrogen and oxygen atoms in total. The van der Waals surface area contributed by atoms with Crippen molar-refractivity contribution in [1.29, 1.82) is 0 Å². The molecule has 0 saturated heterocycles. The molecule has 0 aliphatic rings. The van der Waals surface area contributed by atoms with Crippen molar-refractivity contribution in [3.63, 3.8) is 0 Å². The Hall–Kier alpha value is -2.23. The van der Waals surface area contributed by atoms with Crippen molar-refractivity contribution in [2.24, 2.45) is 7.05 Å². The number of aromatic nitrogens is 5. The third-order valence-corrected chi connectivity index (χ3v) is 3.43. The van der Waals surface area contributed by atoms with E-state index in [0.29, 0.717) is 23.3 Å². The number of nitrogens with one attached hydrogen (secondary N) is 1. The van der Waals surface area contributed by atoms with Gasteiger partial charge in [-0.15, -0.1) is 10.2 Å². The number of nitro groups is 1. The first-order valence-corrected chi connectivity index (χ1v) is 6.63. The zero-order chi connectivity index (χ0) is 14.7. The van der Waals surface area contributed by atoms with E-state index in [9.17, 15) is 10.1 Å². The monoisotopic (exact) mass is 295 g/mol. The fourth-order valence-corrected chi connectivity index (χ4v) is 2.41. The topological polar surface area (TPSA) is 112 Å². The molecule has 0 unspecified atom stereocenters. The standard InChI is InChI=1S/C10H13N7O2S/c1-4-11-9-13-6(2)7(17(18)19)8(14-9)20-10-15-12-5-16(10)3/h5H,4H2,1-3H3,(H,11,13,14). The first-order valence-electron chi connectivity index (χ1n) is 5.81. The number of rotatable bonds is 5. The highest BCUT2D eigenvalue weighted by molar-refractivity contribution is 7.99. The van der Waals surface area contributed by atoms with Gasteiger partial charge in [-0.25, -0.2) is 4.98 Å². The molecule has 2 rings (SSSR count). The van der Waals surface area contributed by atoms with E-state index in [1.807, 2.05) is 6.92 Å². The van der Waals surface area contributed by atoms with E-state index in [1.165, 1.54) is 6.33 Å². The average molecular weight is 295 g/mol. The molecular weight excluding hydrogens is 282 g/mol. The summed E-state index contributed by atoms with van der Waals surface area (Å²) in [5.74, 6) is 0.361. The molecule has 0 aliphatic heterocycles. The van der Waals surface area contributed by atoms with Gasteiger partial charge >= 0.3 is 5.69 Å². The lowest BCUT2D eigenvalue weighted by atomic mass is 10.4. The molecule has 0 amide bonds. The van der Waals surface area contributed by atoms with Crippen LogP contribution in [0, 0.1) is 17.0 Å². The molecular formula is C10H13N7O2S. The average Bonchev–Trinajstić information content (AvgIpc) is 2.74. The molecule has 0 atom stereocenters. The van der Waals surface area contributed by atoms with Crippen LogP contribution in [-0.2, 0) is 7.05 Å². The second kappa shape index (κ2) is 5.82. The van der Waals surface area contributed by atoms with Gasteiger partial charge in [0.2, 0.25) is 5.95 Å². The van der Waals surface area contributed by atoms with E-state index in [2.05, 4.69) is 25.5 Å². The minimum Gasteiger partial charge on any atom is -0.354 e.